The SMILES string of the molecule is COc1ccc(CN2CCC3C2C(=O)NCC(CCC(=O)N2CCC(O)CC2)N3C)cc1. The van der Waals surface area contributed by atoms with Gasteiger partial charge in [0.15, 0.2) is 0 Å². The highest BCUT2D eigenvalue weighted by atomic mass is 16.5. The number of likely N-dealkylation sites (N-methyl/N-ethyl adjacent to an activating group) is 1. The minimum Gasteiger partial charge on any atom is -0.497 e. The first-order chi connectivity index (χ1) is 15.5. The fourth-order valence-electron chi connectivity index (χ4n) is 5.36. The molecule has 0 spiro atoms. The van der Waals surface area contributed by atoms with Crippen LogP contribution in [0.25, 0.3) is 0 Å². The number of likely N-dealkylation sites (tertiary alicyclic amines) is 2. The summed E-state index contributed by atoms with van der Waals surface area (Å²) in [5.41, 5.74) is 1.17. The van der Waals surface area contributed by atoms with Gasteiger partial charge in [0.25, 0.3) is 0 Å². The number of carbonyl (C=O) groups excluding carboxylic acids is 2. The van der Waals surface area contributed by atoms with Gasteiger partial charge in [-0.25, -0.2) is 0 Å². The highest BCUT2D eigenvalue weighted by Crippen LogP contribution is 2.29. The van der Waals surface area contributed by atoms with Crippen molar-refractivity contribution in [3.8, 4) is 5.75 Å². The summed E-state index contributed by atoms with van der Waals surface area (Å²) < 4.78 is 5.25. The molecule has 3 aliphatic rings. The average Bonchev–Trinajstić information content (AvgIpc) is 3.18. The molecule has 0 bridgehead atoms. The molecule has 176 valence electrons. The Morgan fingerprint density at radius 1 is 1.16 bits per heavy atom. The predicted octanol–water partition coefficient (Wildman–Crippen LogP) is 0.832. The highest BCUT2D eigenvalue weighted by molar-refractivity contribution is 5.83. The zero-order chi connectivity index (χ0) is 22.7. The van der Waals surface area contributed by atoms with Crippen LogP contribution < -0.4 is 10.1 Å². The van der Waals surface area contributed by atoms with Gasteiger partial charge in [-0.2, -0.15) is 0 Å². The second-order valence-corrected chi connectivity index (χ2v) is 9.33. The monoisotopic (exact) mass is 444 g/mol. The van der Waals surface area contributed by atoms with Crippen LogP contribution in [0.5, 0.6) is 5.75 Å². The van der Waals surface area contributed by atoms with E-state index < -0.39 is 0 Å². The number of aliphatic hydroxyl groups is 1. The van der Waals surface area contributed by atoms with Gasteiger partial charge in [-0.05, 0) is 50.4 Å². The predicted molar refractivity (Wildman–Crippen MR) is 121 cm³/mol. The molecule has 32 heavy (non-hydrogen) atoms. The summed E-state index contributed by atoms with van der Waals surface area (Å²) in [4.78, 5) is 32.1. The third kappa shape index (κ3) is 5.08. The lowest BCUT2D eigenvalue weighted by Gasteiger charge is -2.34. The Balaban J connectivity index is 1.35. The Bertz CT molecular complexity index is 794. The molecule has 2 N–H and O–H groups in total. The van der Waals surface area contributed by atoms with Crippen LogP contribution in [0.3, 0.4) is 0 Å². The molecular formula is C24H36N4O4. The summed E-state index contributed by atoms with van der Waals surface area (Å²) in [6.45, 7) is 3.46. The fraction of sp³-hybridized carbons (Fsp3) is 0.667. The first-order valence-electron chi connectivity index (χ1n) is 11.8. The van der Waals surface area contributed by atoms with Crippen molar-refractivity contribution in [1.82, 2.24) is 20.0 Å². The number of fused-ring (bicyclic) bond motifs is 1. The summed E-state index contributed by atoms with van der Waals surface area (Å²) in [6, 6.07) is 8.15. The van der Waals surface area contributed by atoms with E-state index in [1.807, 2.05) is 17.0 Å². The first kappa shape index (κ1) is 23.0. The van der Waals surface area contributed by atoms with Crippen molar-refractivity contribution >= 4 is 11.8 Å². The highest BCUT2D eigenvalue weighted by Gasteiger charge is 2.45. The molecule has 0 radical (unpaired) electrons. The summed E-state index contributed by atoms with van der Waals surface area (Å²) in [6.07, 6.45) is 3.21. The van der Waals surface area contributed by atoms with E-state index in [1.54, 1.807) is 7.11 Å². The van der Waals surface area contributed by atoms with Gasteiger partial charge in [-0.15, -0.1) is 0 Å². The van der Waals surface area contributed by atoms with Crippen LogP contribution in [-0.2, 0) is 16.1 Å². The molecule has 3 saturated heterocycles. The summed E-state index contributed by atoms with van der Waals surface area (Å²) in [7, 11) is 3.76. The van der Waals surface area contributed by atoms with Crippen molar-refractivity contribution in [2.24, 2.45) is 0 Å². The maximum absolute atomic E-state index is 13.0. The number of aliphatic hydroxyl groups excluding tert-OH is 1. The lowest BCUT2D eigenvalue weighted by atomic mass is 10.0. The molecule has 3 heterocycles. The molecule has 3 fully saturated rings. The number of hydrogen-bond donors (Lipinski definition) is 2. The number of hydrogen-bond acceptors (Lipinski definition) is 6. The van der Waals surface area contributed by atoms with Gasteiger partial charge in [-0.1, -0.05) is 12.1 Å². The molecule has 8 heteroatoms. The second-order valence-electron chi connectivity index (χ2n) is 9.33. The number of nitrogens with one attached hydrogen (secondary N) is 1. The smallest absolute Gasteiger partial charge is 0.239 e. The van der Waals surface area contributed by atoms with Crippen LogP contribution >= 0.6 is 0 Å². The van der Waals surface area contributed by atoms with Gasteiger partial charge in [0.1, 0.15) is 11.8 Å². The van der Waals surface area contributed by atoms with Gasteiger partial charge >= 0.3 is 0 Å². The van der Waals surface area contributed by atoms with Crippen LogP contribution in [0.1, 0.15) is 37.7 Å². The molecule has 0 saturated carbocycles. The van der Waals surface area contributed by atoms with Crippen molar-refractivity contribution in [2.75, 3.05) is 40.3 Å². The van der Waals surface area contributed by atoms with Gasteiger partial charge in [0.05, 0.1) is 13.2 Å². The Hall–Kier alpha value is -2.16. The van der Waals surface area contributed by atoms with Gasteiger partial charge < -0.3 is 20.1 Å². The van der Waals surface area contributed by atoms with E-state index in [0.29, 0.717) is 38.9 Å². The van der Waals surface area contributed by atoms with Gasteiger partial charge in [0.2, 0.25) is 11.8 Å². The number of piperidine rings is 1. The van der Waals surface area contributed by atoms with E-state index in [9.17, 15) is 14.7 Å². The Morgan fingerprint density at radius 2 is 1.88 bits per heavy atom. The molecule has 2 amide bonds. The Morgan fingerprint density at radius 3 is 2.56 bits per heavy atom. The standard InChI is InChI=1S/C24H36N4O4/c1-26-18(5-8-22(30)27-12-9-19(29)10-13-27)15-25-24(31)23-21(26)11-14-28(23)16-17-3-6-20(32-2)7-4-17/h3-4,6-7,18-19,21,23,29H,5,8-16H2,1-2H3,(H,25,31). The van der Waals surface area contributed by atoms with Crippen molar-refractivity contribution in [3.05, 3.63) is 29.8 Å². The van der Waals surface area contributed by atoms with E-state index in [4.69, 9.17) is 4.74 Å². The molecule has 3 unspecified atom stereocenters. The number of carbonyl (C=O) groups is 2. The van der Waals surface area contributed by atoms with Crippen LogP contribution in [0, 0.1) is 0 Å². The van der Waals surface area contributed by atoms with E-state index >= 15 is 0 Å². The third-order valence-electron chi connectivity index (χ3n) is 7.40. The number of nitrogens with zero attached hydrogens (tertiary/aromatic N) is 3. The molecule has 0 aliphatic carbocycles. The maximum atomic E-state index is 13.0. The number of ether oxygens (including phenoxy) is 1. The summed E-state index contributed by atoms with van der Waals surface area (Å²) >= 11 is 0. The van der Waals surface area contributed by atoms with Crippen LogP contribution in [0.15, 0.2) is 24.3 Å². The Labute approximate surface area is 190 Å². The minimum absolute atomic E-state index is 0.0895. The van der Waals surface area contributed by atoms with Gasteiger partial charge in [-0.3, -0.25) is 19.4 Å². The molecule has 1 aromatic carbocycles. The molecule has 4 rings (SSSR count). The average molecular weight is 445 g/mol. The maximum Gasteiger partial charge on any atom is 0.239 e. The van der Waals surface area contributed by atoms with E-state index in [0.717, 1.165) is 31.7 Å². The van der Waals surface area contributed by atoms with Crippen molar-refractivity contribution < 1.29 is 19.4 Å². The Kier molecular flexibility index (Phi) is 7.33. The summed E-state index contributed by atoms with van der Waals surface area (Å²) in [5.74, 6) is 1.08. The largest absolute Gasteiger partial charge is 0.497 e. The number of methoxy groups -OCH3 is 1. The normalized spacial score (nSPS) is 27.7. The minimum atomic E-state index is -0.276. The molecule has 8 nitrogen and oxygen atoms in total. The first-order valence-corrected chi connectivity index (χ1v) is 11.8. The number of amides is 2. The van der Waals surface area contributed by atoms with Crippen molar-refractivity contribution in [1.29, 1.82) is 0 Å². The van der Waals surface area contributed by atoms with Crippen LogP contribution in [0.2, 0.25) is 0 Å². The fourth-order valence-corrected chi connectivity index (χ4v) is 5.36. The van der Waals surface area contributed by atoms with Gasteiger partial charge in [0, 0.05) is 51.2 Å². The summed E-state index contributed by atoms with van der Waals surface area (Å²) in [5, 5.41) is 12.8. The lowest BCUT2D eigenvalue weighted by molar-refractivity contribution is -0.133. The molecular weight excluding hydrogens is 408 g/mol. The van der Waals surface area contributed by atoms with E-state index in [2.05, 4.69) is 34.3 Å². The van der Waals surface area contributed by atoms with Crippen LogP contribution in [-0.4, -0.2) is 96.2 Å². The molecule has 3 aliphatic heterocycles. The zero-order valence-corrected chi connectivity index (χ0v) is 19.2. The molecule has 0 aromatic heterocycles. The van der Waals surface area contributed by atoms with E-state index in [1.165, 1.54) is 5.56 Å². The van der Waals surface area contributed by atoms with Crippen molar-refractivity contribution in [3.63, 3.8) is 0 Å². The van der Waals surface area contributed by atoms with E-state index in [-0.39, 0.29) is 36.0 Å². The zero-order valence-electron chi connectivity index (χ0n) is 19.2. The quantitative estimate of drug-likeness (QED) is 0.676. The van der Waals surface area contributed by atoms with Crippen LogP contribution in [0.4, 0.5) is 0 Å². The topological polar surface area (TPSA) is 85.3 Å². The third-order valence-corrected chi connectivity index (χ3v) is 7.40. The molecule has 3 atom stereocenters. The lowest BCUT2D eigenvalue weighted by Crippen LogP contribution is -2.49. The number of rotatable bonds is 6. The van der Waals surface area contributed by atoms with Crippen molar-refractivity contribution in [2.45, 2.75) is 62.9 Å². The number of benzene rings is 1. The molecule has 1 aromatic rings. The second kappa shape index (κ2) is 10.2.